The lowest BCUT2D eigenvalue weighted by Gasteiger charge is -2.12. The highest BCUT2D eigenvalue weighted by Crippen LogP contribution is 2.26. The van der Waals surface area contributed by atoms with Crippen molar-refractivity contribution < 1.29 is 0 Å². The van der Waals surface area contributed by atoms with Crippen LogP contribution >= 0.6 is 11.8 Å². The van der Waals surface area contributed by atoms with Crippen LogP contribution in [0.5, 0.6) is 0 Å². The van der Waals surface area contributed by atoms with E-state index in [0.29, 0.717) is 0 Å². The summed E-state index contributed by atoms with van der Waals surface area (Å²) in [5.74, 6) is 1.85. The number of hydrogen-bond donors (Lipinski definition) is 1. The first-order chi connectivity index (χ1) is 7.15. The van der Waals surface area contributed by atoms with Crippen LogP contribution in [0.1, 0.15) is 38.8 Å². The fraction of sp³-hybridized carbons (Fsp3) is 0.583. The first-order valence-corrected chi connectivity index (χ1v) is 6.47. The maximum absolute atomic E-state index is 5.90. The minimum Gasteiger partial charge on any atom is -0.324 e. The van der Waals surface area contributed by atoms with E-state index in [1.54, 1.807) is 0 Å². The van der Waals surface area contributed by atoms with Gasteiger partial charge in [0.2, 0.25) is 0 Å². The molecule has 1 heterocycles. The summed E-state index contributed by atoms with van der Waals surface area (Å²) in [5.41, 5.74) is 7.06. The van der Waals surface area contributed by atoms with Gasteiger partial charge < -0.3 is 5.73 Å². The predicted octanol–water partition coefficient (Wildman–Crippen LogP) is 3.24. The first kappa shape index (κ1) is 12.5. The fourth-order valence-electron chi connectivity index (χ4n) is 1.21. The molecule has 2 nitrogen and oxygen atoms in total. The van der Waals surface area contributed by atoms with Crippen LogP contribution in [-0.4, -0.2) is 10.7 Å². The normalized spacial score (nSPS) is 14.9. The van der Waals surface area contributed by atoms with Crippen LogP contribution in [0.4, 0.5) is 0 Å². The van der Waals surface area contributed by atoms with E-state index in [0.717, 1.165) is 22.3 Å². The Morgan fingerprint density at radius 3 is 2.80 bits per heavy atom. The van der Waals surface area contributed by atoms with Crippen molar-refractivity contribution in [2.75, 3.05) is 5.75 Å². The molecule has 15 heavy (non-hydrogen) atoms. The van der Waals surface area contributed by atoms with Gasteiger partial charge in [0.05, 0.1) is 0 Å². The van der Waals surface area contributed by atoms with E-state index in [2.05, 4.69) is 24.9 Å². The molecular formula is C12H20N2S. The van der Waals surface area contributed by atoms with Gasteiger partial charge in [-0.2, -0.15) is 0 Å². The molecule has 0 saturated heterocycles. The van der Waals surface area contributed by atoms with E-state index in [9.17, 15) is 0 Å². The Kier molecular flexibility index (Phi) is 5.12. The third-order valence-electron chi connectivity index (χ3n) is 2.49. The van der Waals surface area contributed by atoms with Crippen molar-refractivity contribution in [2.45, 2.75) is 38.3 Å². The largest absolute Gasteiger partial charge is 0.324 e. The molecule has 3 heteroatoms. The molecule has 1 unspecified atom stereocenters. The SMILES string of the molecule is CCC(C)CSc1ncccc1[C@H](C)N. The fourth-order valence-corrected chi connectivity index (χ4v) is 2.44. The van der Waals surface area contributed by atoms with E-state index in [-0.39, 0.29) is 6.04 Å². The van der Waals surface area contributed by atoms with Crippen LogP contribution in [0.25, 0.3) is 0 Å². The molecule has 84 valence electrons. The Labute approximate surface area is 96.7 Å². The Hall–Kier alpha value is -0.540. The van der Waals surface area contributed by atoms with Gasteiger partial charge in [-0.3, -0.25) is 0 Å². The van der Waals surface area contributed by atoms with Gasteiger partial charge in [-0.25, -0.2) is 4.98 Å². The van der Waals surface area contributed by atoms with E-state index < -0.39 is 0 Å². The van der Waals surface area contributed by atoms with E-state index in [1.165, 1.54) is 6.42 Å². The smallest absolute Gasteiger partial charge is 0.101 e. The molecule has 0 aromatic carbocycles. The maximum atomic E-state index is 5.90. The molecule has 2 N–H and O–H groups in total. The van der Waals surface area contributed by atoms with Gasteiger partial charge >= 0.3 is 0 Å². The third kappa shape index (κ3) is 3.84. The highest BCUT2D eigenvalue weighted by Gasteiger charge is 2.09. The van der Waals surface area contributed by atoms with Crippen molar-refractivity contribution in [3.63, 3.8) is 0 Å². The molecule has 1 aromatic heterocycles. The number of thioether (sulfide) groups is 1. The third-order valence-corrected chi connectivity index (χ3v) is 3.84. The van der Waals surface area contributed by atoms with Crippen molar-refractivity contribution >= 4 is 11.8 Å². The second kappa shape index (κ2) is 6.13. The number of nitrogens with two attached hydrogens (primary N) is 1. The highest BCUT2D eigenvalue weighted by molar-refractivity contribution is 7.99. The molecule has 0 aliphatic rings. The zero-order valence-corrected chi connectivity index (χ0v) is 10.6. The maximum Gasteiger partial charge on any atom is 0.101 e. The highest BCUT2D eigenvalue weighted by atomic mass is 32.2. The second-order valence-corrected chi connectivity index (χ2v) is 5.02. The Balaban J connectivity index is 2.67. The lowest BCUT2D eigenvalue weighted by Crippen LogP contribution is -2.08. The summed E-state index contributed by atoms with van der Waals surface area (Å²) in [7, 11) is 0. The Morgan fingerprint density at radius 2 is 2.20 bits per heavy atom. The molecule has 1 rings (SSSR count). The summed E-state index contributed by atoms with van der Waals surface area (Å²) >= 11 is 1.82. The van der Waals surface area contributed by atoms with Gasteiger partial charge in [0.1, 0.15) is 5.03 Å². The average Bonchev–Trinajstić information content (AvgIpc) is 2.26. The summed E-state index contributed by atoms with van der Waals surface area (Å²) in [4.78, 5) is 4.39. The second-order valence-electron chi connectivity index (χ2n) is 4.01. The molecule has 0 aliphatic heterocycles. The molecule has 0 saturated carbocycles. The molecule has 2 atom stereocenters. The van der Waals surface area contributed by atoms with Crippen LogP contribution in [0.2, 0.25) is 0 Å². The van der Waals surface area contributed by atoms with Crippen molar-refractivity contribution in [2.24, 2.45) is 11.7 Å². The zero-order valence-electron chi connectivity index (χ0n) is 9.73. The quantitative estimate of drug-likeness (QED) is 0.780. The standard InChI is InChI=1S/C12H20N2S/c1-4-9(2)8-15-12-11(10(3)13)6-5-7-14-12/h5-7,9-10H,4,8,13H2,1-3H3/t9?,10-/m0/s1. The van der Waals surface area contributed by atoms with Gasteiger partial charge in [-0.05, 0) is 18.9 Å². The summed E-state index contributed by atoms with van der Waals surface area (Å²) in [6.45, 7) is 6.49. The number of nitrogens with zero attached hydrogens (tertiary/aromatic N) is 1. The number of pyridine rings is 1. The molecule has 0 aliphatic carbocycles. The van der Waals surface area contributed by atoms with Crippen molar-refractivity contribution in [3.05, 3.63) is 23.9 Å². The lowest BCUT2D eigenvalue weighted by molar-refractivity contribution is 0.636. The van der Waals surface area contributed by atoms with Crippen LogP contribution in [0, 0.1) is 5.92 Å². The molecule has 0 radical (unpaired) electrons. The number of rotatable bonds is 5. The molecule has 0 spiro atoms. The molecule has 0 fully saturated rings. The Bertz CT molecular complexity index is 299. The van der Waals surface area contributed by atoms with E-state index in [4.69, 9.17) is 5.73 Å². The van der Waals surface area contributed by atoms with Crippen LogP contribution in [0.3, 0.4) is 0 Å². The lowest BCUT2D eigenvalue weighted by atomic mass is 10.2. The molecule has 0 bridgehead atoms. The van der Waals surface area contributed by atoms with Crippen molar-refractivity contribution in [3.8, 4) is 0 Å². The van der Waals surface area contributed by atoms with Gasteiger partial charge in [0, 0.05) is 23.6 Å². The van der Waals surface area contributed by atoms with Crippen LogP contribution < -0.4 is 5.73 Å². The minimum atomic E-state index is 0.0677. The van der Waals surface area contributed by atoms with Crippen molar-refractivity contribution in [1.82, 2.24) is 4.98 Å². The van der Waals surface area contributed by atoms with Crippen molar-refractivity contribution in [1.29, 1.82) is 0 Å². The summed E-state index contributed by atoms with van der Waals surface area (Å²) in [6, 6.07) is 4.08. The summed E-state index contributed by atoms with van der Waals surface area (Å²) < 4.78 is 0. The molecular weight excluding hydrogens is 204 g/mol. The van der Waals surface area contributed by atoms with Gasteiger partial charge in [-0.15, -0.1) is 11.8 Å². The van der Waals surface area contributed by atoms with E-state index in [1.807, 2.05) is 30.9 Å². The molecule has 1 aromatic rings. The van der Waals surface area contributed by atoms with Gasteiger partial charge in [0.25, 0.3) is 0 Å². The number of aromatic nitrogens is 1. The monoisotopic (exact) mass is 224 g/mol. The first-order valence-electron chi connectivity index (χ1n) is 5.48. The molecule has 0 amide bonds. The van der Waals surface area contributed by atoms with Gasteiger partial charge in [-0.1, -0.05) is 26.3 Å². The Morgan fingerprint density at radius 1 is 1.47 bits per heavy atom. The number of hydrogen-bond acceptors (Lipinski definition) is 3. The predicted molar refractivity (Wildman–Crippen MR) is 67.0 cm³/mol. The van der Waals surface area contributed by atoms with Crippen LogP contribution in [0.15, 0.2) is 23.4 Å². The topological polar surface area (TPSA) is 38.9 Å². The van der Waals surface area contributed by atoms with Crippen LogP contribution in [-0.2, 0) is 0 Å². The zero-order chi connectivity index (χ0) is 11.3. The minimum absolute atomic E-state index is 0.0677. The summed E-state index contributed by atoms with van der Waals surface area (Å²) in [5, 5.41) is 1.09. The van der Waals surface area contributed by atoms with Gasteiger partial charge in [0.15, 0.2) is 0 Å². The van der Waals surface area contributed by atoms with E-state index >= 15 is 0 Å². The average molecular weight is 224 g/mol. The summed E-state index contributed by atoms with van der Waals surface area (Å²) in [6.07, 6.45) is 3.05.